The number of ether oxygens (including phenoxy) is 1. The highest BCUT2D eigenvalue weighted by Crippen LogP contribution is 2.36. The number of esters is 1. The predicted octanol–water partition coefficient (Wildman–Crippen LogP) is 3.78. The van der Waals surface area contributed by atoms with E-state index in [2.05, 4.69) is 6.58 Å². The maximum absolute atomic E-state index is 11.8. The summed E-state index contributed by atoms with van der Waals surface area (Å²) in [5.41, 5.74) is -0.147. The quantitative estimate of drug-likeness (QED) is 0.552. The minimum atomic E-state index is -0.530. The van der Waals surface area contributed by atoms with Crippen molar-refractivity contribution in [3.8, 4) is 0 Å². The van der Waals surface area contributed by atoms with Gasteiger partial charge in [-0.3, -0.25) is 0 Å². The zero-order valence-electron chi connectivity index (χ0n) is 10.9. The van der Waals surface area contributed by atoms with E-state index in [-0.39, 0.29) is 0 Å². The van der Waals surface area contributed by atoms with Gasteiger partial charge in [0.1, 0.15) is 5.76 Å². The molecule has 0 saturated heterocycles. The number of hydrogen-bond acceptors (Lipinski definition) is 2. The summed E-state index contributed by atoms with van der Waals surface area (Å²) in [6.07, 6.45) is 21.3. The minimum absolute atomic E-state index is 0.382. The molecule has 2 rings (SSSR count). The zero-order valence-corrected chi connectivity index (χ0v) is 10.9. The van der Waals surface area contributed by atoms with Crippen LogP contribution in [0.1, 0.15) is 6.92 Å². The molecule has 2 aliphatic carbocycles. The lowest BCUT2D eigenvalue weighted by molar-refractivity contribution is -0.135. The van der Waals surface area contributed by atoms with Crippen LogP contribution < -0.4 is 0 Å². The lowest BCUT2D eigenvalue weighted by Gasteiger charge is -2.25. The van der Waals surface area contributed by atoms with Crippen LogP contribution >= 0.6 is 0 Å². The molecule has 0 radical (unpaired) electrons. The van der Waals surface area contributed by atoms with Gasteiger partial charge in [0.25, 0.3) is 0 Å². The van der Waals surface area contributed by atoms with E-state index in [1.807, 2.05) is 60.8 Å². The zero-order chi connectivity index (χ0) is 13.7. The fraction of sp³-hybridized carbons (Fsp3) is 0.118. The van der Waals surface area contributed by atoms with Crippen molar-refractivity contribution in [1.29, 1.82) is 0 Å². The van der Waals surface area contributed by atoms with Crippen molar-refractivity contribution in [3.05, 3.63) is 84.7 Å². The molecule has 19 heavy (non-hydrogen) atoms. The molecule has 1 spiro atoms. The van der Waals surface area contributed by atoms with Crippen molar-refractivity contribution in [2.24, 2.45) is 5.41 Å². The molecule has 0 saturated carbocycles. The summed E-state index contributed by atoms with van der Waals surface area (Å²) in [6.45, 7) is 5.25. The Bertz CT molecular complexity index is 536. The SMILES string of the molecule is C=C(C)C(=O)OC1=CC=CC=CC12C=CC=CC=C2. The highest BCUT2D eigenvalue weighted by atomic mass is 16.5. The van der Waals surface area contributed by atoms with Gasteiger partial charge in [-0.25, -0.2) is 4.79 Å². The minimum Gasteiger partial charge on any atom is -0.426 e. The van der Waals surface area contributed by atoms with E-state index in [4.69, 9.17) is 4.74 Å². The van der Waals surface area contributed by atoms with Gasteiger partial charge in [-0.15, -0.1) is 0 Å². The van der Waals surface area contributed by atoms with Crippen LogP contribution in [0, 0.1) is 5.41 Å². The van der Waals surface area contributed by atoms with Gasteiger partial charge < -0.3 is 4.74 Å². The standard InChI is InChI=1S/C17H16O2/c1-14(2)16(18)19-15-10-6-5-9-13-17(15)11-7-3-4-8-12-17/h3-13H,1H2,2H3. The van der Waals surface area contributed by atoms with Crippen molar-refractivity contribution < 1.29 is 9.53 Å². The van der Waals surface area contributed by atoms with Crippen LogP contribution in [0.4, 0.5) is 0 Å². The van der Waals surface area contributed by atoms with E-state index in [0.29, 0.717) is 11.3 Å². The van der Waals surface area contributed by atoms with Gasteiger partial charge in [-0.1, -0.05) is 67.3 Å². The van der Waals surface area contributed by atoms with E-state index in [1.165, 1.54) is 0 Å². The second-order valence-corrected chi connectivity index (χ2v) is 4.48. The van der Waals surface area contributed by atoms with Crippen LogP contribution in [-0.2, 0) is 9.53 Å². The van der Waals surface area contributed by atoms with Crippen LogP contribution in [0.5, 0.6) is 0 Å². The van der Waals surface area contributed by atoms with Crippen LogP contribution in [0.25, 0.3) is 0 Å². The predicted molar refractivity (Wildman–Crippen MR) is 77.1 cm³/mol. The molecular formula is C17H16O2. The molecule has 0 unspecified atom stereocenters. The van der Waals surface area contributed by atoms with Crippen molar-refractivity contribution in [1.82, 2.24) is 0 Å². The van der Waals surface area contributed by atoms with Gasteiger partial charge >= 0.3 is 5.97 Å². The summed E-state index contributed by atoms with van der Waals surface area (Å²) in [7, 11) is 0. The number of carbonyl (C=O) groups excluding carboxylic acids is 1. The smallest absolute Gasteiger partial charge is 0.338 e. The molecule has 0 aromatic carbocycles. The van der Waals surface area contributed by atoms with E-state index in [1.54, 1.807) is 13.0 Å². The Morgan fingerprint density at radius 2 is 1.53 bits per heavy atom. The Balaban J connectivity index is 2.39. The van der Waals surface area contributed by atoms with Crippen molar-refractivity contribution in [2.75, 3.05) is 0 Å². The second-order valence-electron chi connectivity index (χ2n) is 4.48. The first-order valence-corrected chi connectivity index (χ1v) is 6.12. The largest absolute Gasteiger partial charge is 0.426 e. The first-order valence-electron chi connectivity index (χ1n) is 6.12. The molecule has 2 heteroatoms. The van der Waals surface area contributed by atoms with Gasteiger partial charge in [-0.2, -0.15) is 0 Å². The summed E-state index contributed by atoms with van der Waals surface area (Å²) < 4.78 is 5.47. The van der Waals surface area contributed by atoms with Gasteiger partial charge in [-0.05, 0) is 13.0 Å². The van der Waals surface area contributed by atoms with Crippen molar-refractivity contribution in [3.63, 3.8) is 0 Å². The molecule has 0 N–H and O–H groups in total. The molecule has 0 aromatic heterocycles. The molecule has 0 fully saturated rings. The van der Waals surface area contributed by atoms with Crippen LogP contribution in [0.15, 0.2) is 84.7 Å². The van der Waals surface area contributed by atoms with E-state index in [9.17, 15) is 4.79 Å². The maximum atomic E-state index is 11.8. The van der Waals surface area contributed by atoms with E-state index < -0.39 is 11.4 Å². The third-order valence-corrected chi connectivity index (χ3v) is 2.90. The van der Waals surface area contributed by atoms with Gasteiger partial charge in [0.15, 0.2) is 0 Å². The van der Waals surface area contributed by atoms with Crippen LogP contribution in [0.2, 0.25) is 0 Å². The van der Waals surface area contributed by atoms with Crippen LogP contribution in [0.3, 0.4) is 0 Å². The summed E-state index contributed by atoms with van der Waals surface area (Å²) >= 11 is 0. The number of carbonyl (C=O) groups is 1. The topological polar surface area (TPSA) is 26.3 Å². The Morgan fingerprint density at radius 3 is 2.05 bits per heavy atom. The number of allylic oxidation sites excluding steroid dienone is 9. The van der Waals surface area contributed by atoms with Gasteiger partial charge in [0.2, 0.25) is 0 Å². The maximum Gasteiger partial charge on any atom is 0.338 e. The monoisotopic (exact) mass is 252 g/mol. The van der Waals surface area contributed by atoms with Crippen molar-refractivity contribution in [2.45, 2.75) is 6.92 Å². The fourth-order valence-corrected chi connectivity index (χ4v) is 1.85. The summed E-state index contributed by atoms with van der Waals surface area (Å²) in [5.74, 6) is 0.162. The Morgan fingerprint density at radius 1 is 1.00 bits per heavy atom. The summed E-state index contributed by atoms with van der Waals surface area (Å²) in [4.78, 5) is 11.8. The molecule has 0 aromatic rings. The molecule has 0 amide bonds. The van der Waals surface area contributed by atoms with Gasteiger partial charge in [0.05, 0.1) is 5.41 Å². The van der Waals surface area contributed by atoms with E-state index in [0.717, 1.165) is 0 Å². The average Bonchev–Trinajstić information content (AvgIpc) is 2.72. The van der Waals surface area contributed by atoms with Crippen molar-refractivity contribution >= 4 is 5.97 Å². The number of hydrogen-bond donors (Lipinski definition) is 0. The highest BCUT2D eigenvalue weighted by Gasteiger charge is 2.30. The lowest BCUT2D eigenvalue weighted by atomic mass is 9.84. The lowest BCUT2D eigenvalue weighted by Crippen LogP contribution is -2.20. The van der Waals surface area contributed by atoms with Gasteiger partial charge in [0, 0.05) is 5.57 Å². The third-order valence-electron chi connectivity index (χ3n) is 2.90. The Hall–Kier alpha value is -2.35. The fourth-order valence-electron chi connectivity index (χ4n) is 1.85. The molecule has 96 valence electrons. The molecule has 2 nitrogen and oxygen atoms in total. The Kier molecular flexibility index (Phi) is 3.81. The Labute approximate surface area is 113 Å². The summed E-state index contributed by atoms with van der Waals surface area (Å²) in [5, 5.41) is 0. The molecule has 2 aliphatic rings. The highest BCUT2D eigenvalue weighted by molar-refractivity contribution is 5.88. The first kappa shape index (κ1) is 13.1. The van der Waals surface area contributed by atoms with E-state index >= 15 is 0 Å². The molecule has 0 aliphatic heterocycles. The molecular weight excluding hydrogens is 236 g/mol. The second kappa shape index (κ2) is 5.53. The third kappa shape index (κ3) is 2.91. The normalized spacial score (nSPS) is 18.9. The summed E-state index contributed by atoms with van der Waals surface area (Å²) in [6, 6.07) is 0. The molecule has 0 atom stereocenters. The molecule has 0 heterocycles. The average molecular weight is 252 g/mol. The molecule has 0 bridgehead atoms. The number of rotatable bonds is 2. The van der Waals surface area contributed by atoms with Crippen LogP contribution in [-0.4, -0.2) is 5.97 Å². The first-order chi connectivity index (χ1) is 9.14.